The van der Waals surface area contributed by atoms with Crippen LogP contribution in [0, 0.1) is 0 Å². The second kappa shape index (κ2) is 8.06. The van der Waals surface area contributed by atoms with Gasteiger partial charge in [-0.1, -0.05) is 22.0 Å². The van der Waals surface area contributed by atoms with Crippen molar-refractivity contribution in [1.82, 2.24) is 4.72 Å². The summed E-state index contributed by atoms with van der Waals surface area (Å²) in [5, 5.41) is 12.1. The first-order chi connectivity index (χ1) is 10.9. The van der Waals surface area contributed by atoms with E-state index in [9.17, 15) is 18.7 Å². The van der Waals surface area contributed by atoms with Crippen LogP contribution in [0.25, 0.3) is 10.6 Å². The van der Waals surface area contributed by atoms with Gasteiger partial charge in [-0.15, -0.1) is 11.3 Å². The number of rotatable bonds is 7. The number of carbonyl (C=O) groups is 1. The predicted molar refractivity (Wildman–Crippen MR) is 88.2 cm³/mol. The number of aromatic hydroxyl groups is 1. The molecule has 0 fully saturated rings. The third kappa shape index (κ3) is 4.64. The zero-order valence-electron chi connectivity index (χ0n) is 11.9. The zero-order valence-corrected chi connectivity index (χ0v) is 15.1. The van der Waals surface area contributed by atoms with Gasteiger partial charge in [0, 0.05) is 24.7 Å². The number of thiophene rings is 1. The number of halogens is 1. The lowest BCUT2D eigenvalue weighted by molar-refractivity contribution is -0.132. The van der Waals surface area contributed by atoms with Crippen LogP contribution in [-0.2, 0) is 16.1 Å². The highest BCUT2D eigenvalue weighted by molar-refractivity contribution is 9.09. The Kier molecular flexibility index (Phi) is 6.36. The number of nitrogens with one attached hydrogen (secondary N) is 1. The first kappa shape index (κ1) is 18.1. The minimum absolute atomic E-state index is 0.0639. The van der Waals surface area contributed by atoms with Gasteiger partial charge in [0.05, 0.1) is 9.70 Å². The maximum atomic E-state index is 11.3. The number of alkyl halides is 1. The van der Waals surface area contributed by atoms with Crippen molar-refractivity contribution in [3.05, 3.63) is 23.3 Å². The Balaban J connectivity index is 2.30. The topological polar surface area (TPSA) is 112 Å². The van der Waals surface area contributed by atoms with Crippen molar-refractivity contribution in [3.8, 4) is 22.1 Å². The number of carbonyl (C=O) groups excluding carboxylic acids is 1. The molecule has 10 heteroatoms. The van der Waals surface area contributed by atoms with Crippen molar-refractivity contribution in [3.63, 3.8) is 0 Å². The van der Waals surface area contributed by atoms with Gasteiger partial charge in [0.15, 0.2) is 11.5 Å². The Bertz CT molecular complexity index is 700. The monoisotopic (exact) mass is 422 g/mol. The molecule has 2 aromatic heterocycles. The number of hydrogen-bond donors (Lipinski definition) is 2. The van der Waals surface area contributed by atoms with E-state index in [0.29, 0.717) is 11.3 Å². The smallest absolute Gasteiger partial charge is 0.308 e. The van der Waals surface area contributed by atoms with E-state index in [2.05, 4.69) is 20.7 Å². The van der Waals surface area contributed by atoms with Crippen LogP contribution in [0.5, 0.6) is 11.5 Å². The van der Waals surface area contributed by atoms with E-state index in [1.807, 2.05) is 5.38 Å². The first-order valence-electron chi connectivity index (χ1n) is 6.45. The highest BCUT2D eigenvalue weighted by atomic mass is 79.9. The Morgan fingerprint density at radius 3 is 2.96 bits per heavy atom. The van der Waals surface area contributed by atoms with Crippen LogP contribution < -0.4 is 9.46 Å². The molecule has 0 aliphatic heterocycles. The molecule has 7 nitrogen and oxygen atoms in total. The minimum atomic E-state index is -2.36. The standard InChI is InChI=1S/C13H14BrNO6S2/c1-7(16)20-13-10(17)12(9-3-2-6-22-9)21-11(13)8(14)4-5-15-23(18)19/h2-3,6,8,15,17H,4-5H2,1H3,(H,18,19)/p-1. The van der Waals surface area contributed by atoms with Gasteiger partial charge >= 0.3 is 5.97 Å². The van der Waals surface area contributed by atoms with Gasteiger partial charge < -0.3 is 18.8 Å². The molecule has 126 valence electrons. The summed E-state index contributed by atoms with van der Waals surface area (Å²) in [6.07, 6.45) is 0.332. The van der Waals surface area contributed by atoms with Crippen LogP contribution >= 0.6 is 27.3 Å². The Hall–Kier alpha value is -1.20. The second-order valence-electron chi connectivity index (χ2n) is 4.43. The van der Waals surface area contributed by atoms with E-state index in [1.165, 1.54) is 18.3 Å². The summed E-state index contributed by atoms with van der Waals surface area (Å²) < 4.78 is 33.9. The summed E-state index contributed by atoms with van der Waals surface area (Å²) in [4.78, 5) is 11.5. The number of hydrogen-bond acceptors (Lipinski definition) is 7. The Labute approximate surface area is 147 Å². The van der Waals surface area contributed by atoms with Crippen LogP contribution in [0.15, 0.2) is 21.9 Å². The van der Waals surface area contributed by atoms with Crippen LogP contribution in [0.1, 0.15) is 23.9 Å². The van der Waals surface area contributed by atoms with E-state index in [1.54, 1.807) is 12.1 Å². The number of ether oxygens (including phenoxy) is 1. The molecule has 0 amide bonds. The molecule has 2 N–H and O–H groups in total. The van der Waals surface area contributed by atoms with Crippen LogP contribution in [-0.4, -0.2) is 26.4 Å². The van der Waals surface area contributed by atoms with Crippen molar-refractivity contribution in [1.29, 1.82) is 0 Å². The van der Waals surface area contributed by atoms with Gasteiger partial charge in [-0.05, 0) is 17.9 Å². The predicted octanol–water partition coefficient (Wildman–Crippen LogP) is 2.85. The van der Waals surface area contributed by atoms with E-state index < -0.39 is 22.1 Å². The highest BCUT2D eigenvalue weighted by Gasteiger charge is 2.28. The van der Waals surface area contributed by atoms with E-state index in [0.717, 1.165) is 0 Å². The molecule has 2 heterocycles. The molecular weight excluding hydrogens is 410 g/mol. The molecule has 0 spiro atoms. The van der Waals surface area contributed by atoms with Crippen LogP contribution in [0.2, 0.25) is 0 Å². The first-order valence-corrected chi connectivity index (χ1v) is 9.32. The molecular formula is C13H13BrNO6S2-. The number of furan rings is 1. The second-order valence-corrected chi connectivity index (χ2v) is 7.24. The van der Waals surface area contributed by atoms with Crippen molar-refractivity contribution < 1.29 is 27.8 Å². The molecule has 23 heavy (non-hydrogen) atoms. The molecule has 2 rings (SSSR count). The van der Waals surface area contributed by atoms with E-state index in [4.69, 9.17) is 9.15 Å². The molecule has 0 bridgehead atoms. The lowest BCUT2D eigenvalue weighted by Gasteiger charge is -2.11. The molecule has 0 aliphatic carbocycles. The fourth-order valence-corrected chi connectivity index (χ4v) is 3.37. The quantitative estimate of drug-likeness (QED) is 0.403. The average Bonchev–Trinajstić information content (AvgIpc) is 3.07. The van der Waals surface area contributed by atoms with Crippen molar-refractivity contribution in [2.45, 2.75) is 18.2 Å². The van der Waals surface area contributed by atoms with Gasteiger partial charge in [0.2, 0.25) is 11.5 Å². The van der Waals surface area contributed by atoms with Gasteiger partial charge in [0.1, 0.15) is 0 Å². The van der Waals surface area contributed by atoms with Gasteiger partial charge in [0.25, 0.3) is 0 Å². The van der Waals surface area contributed by atoms with Crippen molar-refractivity contribution >= 4 is 44.5 Å². The highest BCUT2D eigenvalue weighted by Crippen LogP contribution is 2.48. The molecule has 2 atom stereocenters. The maximum absolute atomic E-state index is 11.3. The lowest BCUT2D eigenvalue weighted by Crippen LogP contribution is -2.18. The SMILES string of the molecule is CC(=O)Oc1c(C(Br)CCNS(=O)[O-])oc(-c2cccs2)c1O. The third-order valence-electron chi connectivity index (χ3n) is 2.76. The zero-order chi connectivity index (χ0) is 17.0. The molecule has 0 radical (unpaired) electrons. The number of esters is 1. The largest absolute Gasteiger partial charge is 0.760 e. The summed E-state index contributed by atoms with van der Waals surface area (Å²) in [7, 11) is 0. The lowest BCUT2D eigenvalue weighted by atomic mass is 10.2. The summed E-state index contributed by atoms with van der Waals surface area (Å²) in [6.45, 7) is 1.37. The van der Waals surface area contributed by atoms with Crippen molar-refractivity contribution in [2.75, 3.05) is 6.54 Å². The summed E-state index contributed by atoms with van der Waals surface area (Å²) in [5.41, 5.74) is 0. The average molecular weight is 423 g/mol. The van der Waals surface area contributed by atoms with Gasteiger partial charge in [-0.2, -0.15) is 0 Å². The summed E-state index contributed by atoms with van der Waals surface area (Å²) >= 11 is 2.35. The van der Waals surface area contributed by atoms with E-state index in [-0.39, 0.29) is 29.6 Å². The molecule has 2 unspecified atom stereocenters. The molecule has 0 aliphatic rings. The third-order valence-corrected chi connectivity index (χ3v) is 4.94. The van der Waals surface area contributed by atoms with Crippen LogP contribution in [0.4, 0.5) is 0 Å². The summed E-state index contributed by atoms with van der Waals surface area (Å²) in [6, 6.07) is 3.56. The minimum Gasteiger partial charge on any atom is -0.760 e. The summed E-state index contributed by atoms with van der Waals surface area (Å²) in [5.74, 6) is -0.498. The molecule has 0 aromatic carbocycles. The maximum Gasteiger partial charge on any atom is 0.308 e. The molecule has 2 aromatic rings. The normalized spacial score (nSPS) is 13.7. The fraction of sp³-hybridized carbons (Fsp3) is 0.308. The fourth-order valence-electron chi connectivity index (χ4n) is 1.85. The molecule has 0 saturated heterocycles. The Morgan fingerprint density at radius 2 is 2.39 bits per heavy atom. The molecule has 0 saturated carbocycles. The van der Waals surface area contributed by atoms with Crippen LogP contribution in [0.3, 0.4) is 0 Å². The van der Waals surface area contributed by atoms with Gasteiger partial charge in [-0.3, -0.25) is 9.00 Å². The van der Waals surface area contributed by atoms with Gasteiger partial charge in [-0.25, -0.2) is 4.72 Å². The Morgan fingerprint density at radius 1 is 1.65 bits per heavy atom. The van der Waals surface area contributed by atoms with E-state index >= 15 is 0 Å². The van der Waals surface area contributed by atoms with Crippen molar-refractivity contribution in [2.24, 2.45) is 0 Å².